The summed E-state index contributed by atoms with van der Waals surface area (Å²) in [5, 5.41) is 0.999. The highest BCUT2D eigenvalue weighted by molar-refractivity contribution is 7.22. The SMILES string of the molecule is Cc1c(Cl)ccc2sc(N(CCN3CCOCC3)C(=O)c3cccc(C(F)(F)F)c3)nc12. The average molecular weight is 484 g/mol. The highest BCUT2D eigenvalue weighted by Crippen LogP contribution is 2.35. The molecule has 0 N–H and O–H groups in total. The molecule has 0 bridgehead atoms. The number of halogens is 4. The molecule has 1 aliphatic rings. The monoisotopic (exact) mass is 483 g/mol. The lowest BCUT2D eigenvalue weighted by Gasteiger charge is -2.29. The van der Waals surface area contributed by atoms with Gasteiger partial charge >= 0.3 is 6.18 Å². The Morgan fingerprint density at radius 1 is 1.25 bits per heavy atom. The van der Waals surface area contributed by atoms with Gasteiger partial charge in [-0.2, -0.15) is 13.2 Å². The fourth-order valence-electron chi connectivity index (χ4n) is 3.54. The van der Waals surface area contributed by atoms with E-state index in [0.717, 1.165) is 35.5 Å². The summed E-state index contributed by atoms with van der Waals surface area (Å²) in [6, 6.07) is 8.10. The standard InChI is InChI=1S/C22H21ClF3N3O2S/c1-14-17(23)5-6-18-19(14)27-21(32-18)29(8-7-28-9-11-31-12-10-28)20(30)15-3-2-4-16(13-15)22(24,25)26/h2-6,13H,7-12H2,1H3. The molecule has 0 aliphatic carbocycles. The van der Waals surface area contributed by atoms with Crippen LogP contribution in [0.1, 0.15) is 21.5 Å². The number of ether oxygens (including phenoxy) is 1. The van der Waals surface area contributed by atoms with Crippen molar-refractivity contribution in [2.75, 3.05) is 44.3 Å². The van der Waals surface area contributed by atoms with Gasteiger partial charge in [0.15, 0.2) is 5.13 Å². The van der Waals surface area contributed by atoms with E-state index in [-0.39, 0.29) is 5.56 Å². The van der Waals surface area contributed by atoms with E-state index in [0.29, 0.717) is 42.0 Å². The number of thiazole rings is 1. The summed E-state index contributed by atoms with van der Waals surface area (Å²) in [5.74, 6) is -0.521. The zero-order valence-corrected chi connectivity index (χ0v) is 18.9. The number of nitrogens with zero attached hydrogens (tertiary/aromatic N) is 3. The maximum Gasteiger partial charge on any atom is 0.416 e. The Balaban J connectivity index is 1.69. The first-order chi connectivity index (χ1) is 15.2. The normalized spacial score (nSPS) is 15.3. The van der Waals surface area contributed by atoms with Crippen molar-refractivity contribution in [1.29, 1.82) is 0 Å². The van der Waals surface area contributed by atoms with E-state index in [4.69, 9.17) is 16.3 Å². The van der Waals surface area contributed by atoms with Crippen LogP contribution in [0.25, 0.3) is 10.2 Å². The largest absolute Gasteiger partial charge is 0.416 e. The van der Waals surface area contributed by atoms with E-state index < -0.39 is 17.6 Å². The lowest BCUT2D eigenvalue weighted by atomic mass is 10.1. The van der Waals surface area contributed by atoms with E-state index >= 15 is 0 Å². The number of carbonyl (C=O) groups excluding carboxylic acids is 1. The molecule has 0 unspecified atom stereocenters. The number of amides is 1. The Kier molecular flexibility index (Phi) is 6.71. The molecule has 170 valence electrons. The van der Waals surface area contributed by atoms with Crippen LogP contribution in [0, 0.1) is 6.92 Å². The molecule has 1 saturated heterocycles. The lowest BCUT2D eigenvalue weighted by Crippen LogP contribution is -2.43. The first-order valence-electron chi connectivity index (χ1n) is 10.1. The lowest BCUT2D eigenvalue weighted by molar-refractivity contribution is -0.137. The van der Waals surface area contributed by atoms with E-state index in [9.17, 15) is 18.0 Å². The van der Waals surface area contributed by atoms with E-state index in [1.807, 2.05) is 13.0 Å². The summed E-state index contributed by atoms with van der Waals surface area (Å²) in [6.07, 6.45) is -4.53. The van der Waals surface area contributed by atoms with Gasteiger partial charge in [-0.3, -0.25) is 14.6 Å². The number of hydrogen-bond acceptors (Lipinski definition) is 5. The van der Waals surface area contributed by atoms with Crippen LogP contribution in [0.15, 0.2) is 36.4 Å². The van der Waals surface area contributed by atoms with E-state index in [1.165, 1.54) is 28.4 Å². The van der Waals surface area contributed by atoms with Crippen LogP contribution in [0.2, 0.25) is 5.02 Å². The molecular weight excluding hydrogens is 463 g/mol. The Hall–Kier alpha value is -2.20. The number of morpholine rings is 1. The van der Waals surface area contributed by atoms with Crippen LogP contribution in [0.4, 0.5) is 18.3 Å². The predicted octanol–water partition coefficient (Wildman–Crippen LogP) is 5.26. The molecule has 1 aliphatic heterocycles. The van der Waals surface area contributed by atoms with Crippen LogP contribution in [-0.2, 0) is 10.9 Å². The Morgan fingerprint density at radius 2 is 2.00 bits per heavy atom. The van der Waals surface area contributed by atoms with E-state index in [2.05, 4.69) is 9.88 Å². The second-order valence-electron chi connectivity index (χ2n) is 7.50. The molecule has 0 saturated carbocycles. The maximum absolute atomic E-state index is 13.4. The van der Waals surface area contributed by atoms with Gasteiger partial charge in [0.05, 0.1) is 29.0 Å². The van der Waals surface area contributed by atoms with Crippen molar-refractivity contribution >= 4 is 44.2 Å². The molecule has 2 heterocycles. The first-order valence-corrected chi connectivity index (χ1v) is 11.3. The number of fused-ring (bicyclic) bond motifs is 1. The van der Waals surface area contributed by atoms with E-state index in [1.54, 1.807) is 6.07 Å². The molecule has 1 aromatic heterocycles. The molecule has 32 heavy (non-hydrogen) atoms. The molecular formula is C22H21ClF3N3O2S. The molecule has 4 rings (SSSR count). The van der Waals surface area contributed by atoms with Gasteiger partial charge in [0.1, 0.15) is 0 Å². The quantitative estimate of drug-likeness (QED) is 0.497. The van der Waals surface area contributed by atoms with Gasteiger partial charge in [-0.15, -0.1) is 0 Å². The predicted molar refractivity (Wildman–Crippen MR) is 120 cm³/mol. The van der Waals surface area contributed by atoms with Gasteiger partial charge < -0.3 is 4.74 Å². The van der Waals surface area contributed by atoms with Gasteiger partial charge in [0, 0.05) is 36.8 Å². The van der Waals surface area contributed by atoms with Crippen LogP contribution >= 0.6 is 22.9 Å². The molecule has 0 radical (unpaired) electrons. The van der Waals surface area contributed by atoms with Crippen LogP contribution < -0.4 is 4.90 Å². The topological polar surface area (TPSA) is 45.7 Å². The third-order valence-corrected chi connectivity index (χ3v) is 6.85. The molecule has 0 spiro atoms. The Morgan fingerprint density at radius 3 is 2.72 bits per heavy atom. The number of aromatic nitrogens is 1. The van der Waals surface area contributed by atoms with Crippen molar-refractivity contribution in [2.45, 2.75) is 13.1 Å². The van der Waals surface area contributed by atoms with Gasteiger partial charge in [-0.05, 0) is 42.8 Å². The van der Waals surface area contributed by atoms with Crippen molar-refractivity contribution in [3.63, 3.8) is 0 Å². The van der Waals surface area contributed by atoms with Crippen molar-refractivity contribution in [2.24, 2.45) is 0 Å². The number of hydrogen-bond donors (Lipinski definition) is 0. The van der Waals surface area contributed by atoms with Gasteiger partial charge in [-0.1, -0.05) is 29.0 Å². The van der Waals surface area contributed by atoms with Crippen molar-refractivity contribution in [1.82, 2.24) is 9.88 Å². The summed E-state index contributed by atoms with van der Waals surface area (Å²) < 4.78 is 45.8. The highest BCUT2D eigenvalue weighted by atomic mass is 35.5. The number of carbonyl (C=O) groups is 1. The number of anilines is 1. The van der Waals surface area contributed by atoms with Crippen LogP contribution in [-0.4, -0.2) is 55.2 Å². The summed E-state index contributed by atoms with van der Waals surface area (Å²) in [4.78, 5) is 21.6. The Labute approximate surface area is 192 Å². The zero-order chi connectivity index (χ0) is 22.9. The number of benzene rings is 2. The third-order valence-electron chi connectivity index (χ3n) is 5.39. The molecule has 5 nitrogen and oxygen atoms in total. The molecule has 0 atom stereocenters. The molecule has 1 amide bonds. The summed E-state index contributed by atoms with van der Waals surface area (Å²) in [6.45, 7) is 5.40. The summed E-state index contributed by atoms with van der Waals surface area (Å²) in [5.41, 5.74) is 0.594. The fourth-order valence-corrected chi connectivity index (χ4v) is 4.74. The van der Waals surface area contributed by atoms with Crippen molar-refractivity contribution in [3.8, 4) is 0 Å². The number of rotatable bonds is 5. The summed E-state index contributed by atoms with van der Waals surface area (Å²) >= 11 is 7.53. The smallest absolute Gasteiger partial charge is 0.379 e. The number of alkyl halides is 3. The summed E-state index contributed by atoms with van der Waals surface area (Å²) in [7, 11) is 0. The minimum absolute atomic E-state index is 0.0317. The minimum Gasteiger partial charge on any atom is -0.379 e. The first kappa shape index (κ1) is 23.0. The third kappa shape index (κ3) is 4.91. The maximum atomic E-state index is 13.4. The van der Waals surface area contributed by atoms with Crippen molar-refractivity contribution < 1.29 is 22.7 Å². The van der Waals surface area contributed by atoms with Crippen molar-refractivity contribution in [3.05, 3.63) is 58.1 Å². The van der Waals surface area contributed by atoms with Crippen LogP contribution in [0.3, 0.4) is 0 Å². The molecule has 3 aromatic rings. The number of aryl methyl sites for hydroxylation is 1. The molecule has 10 heteroatoms. The second kappa shape index (κ2) is 9.35. The van der Waals surface area contributed by atoms with Gasteiger partial charge in [0.25, 0.3) is 5.91 Å². The highest BCUT2D eigenvalue weighted by Gasteiger charge is 2.32. The van der Waals surface area contributed by atoms with Crippen LogP contribution in [0.5, 0.6) is 0 Å². The minimum atomic E-state index is -4.53. The second-order valence-corrected chi connectivity index (χ2v) is 8.92. The average Bonchev–Trinajstić information content (AvgIpc) is 3.21. The zero-order valence-electron chi connectivity index (χ0n) is 17.3. The van der Waals surface area contributed by atoms with Gasteiger partial charge in [-0.25, -0.2) is 4.98 Å². The molecule has 1 fully saturated rings. The Bertz CT molecular complexity index is 1130. The fraction of sp³-hybridized carbons (Fsp3) is 0.364. The van der Waals surface area contributed by atoms with Gasteiger partial charge in [0.2, 0.25) is 0 Å². The molecule has 2 aromatic carbocycles.